The normalized spacial score (nSPS) is 11.8. The largest absolute Gasteiger partial charge is 0.271 e. The number of hydrogen-bond donors (Lipinski definition) is 1. The average Bonchev–Trinajstić information content (AvgIpc) is 2.70. The number of hydrazone groups is 1. The number of amides is 1. The zero-order chi connectivity index (χ0) is 19.2. The Labute approximate surface area is 164 Å². The van der Waals surface area contributed by atoms with Gasteiger partial charge < -0.3 is 0 Å². The van der Waals surface area contributed by atoms with Crippen LogP contribution >= 0.6 is 11.8 Å². The third-order valence-corrected chi connectivity index (χ3v) is 5.49. The van der Waals surface area contributed by atoms with Gasteiger partial charge in [0.25, 0.3) is 5.91 Å². The number of rotatable bonds is 6. The van der Waals surface area contributed by atoms with E-state index in [1.54, 1.807) is 11.8 Å². The lowest BCUT2D eigenvalue weighted by molar-refractivity contribution is 0.0954. The molecule has 3 aromatic rings. The molecule has 5 heteroatoms. The summed E-state index contributed by atoms with van der Waals surface area (Å²) in [6.07, 6.45) is 1.82. The van der Waals surface area contributed by atoms with Crippen molar-refractivity contribution in [3.05, 3.63) is 71.9 Å². The van der Waals surface area contributed by atoms with Crippen LogP contribution in [0.15, 0.2) is 70.8 Å². The highest BCUT2D eigenvalue weighted by Crippen LogP contribution is 2.28. The number of nitrogens with zero attached hydrogens (tertiary/aromatic N) is 2. The van der Waals surface area contributed by atoms with E-state index in [-0.39, 0.29) is 5.91 Å². The van der Waals surface area contributed by atoms with E-state index in [2.05, 4.69) is 39.8 Å². The summed E-state index contributed by atoms with van der Waals surface area (Å²) >= 11 is 1.75. The molecule has 0 saturated heterocycles. The van der Waals surface area contributed by atoms with Crippen LogP contribution in [-0.4, -0.2) is 16.6 Å². The molecule has 0 unspecified atom stereocenters. The van der Waals surface area contributed by atoms with Gasteiger partial charge in [-0.3, -0.25) is 9.78 Å². The fourth-order valence-corrected chi connectivity index (χ4v) is 3.44. The maximum atomic E-state index is 12.2. The summed E-state index contributed by atoms with van der Waals surface area (Å²) in [5, 5.41) is 5.28. The molecule has 1 aromatic heterocycles. The minimum absolute atomic E-state index is 0.188. The highest BCUT2D eigenvalue weighted by Gasteiger charge is 2.07. The molecule has 27 heavy (non-hydrogen) atoms. The molecule has 2 aromatic carbocycles. The quantitative estimate of drug-likeness (QED) is 0.361. The number of pyridine rings is 1. The van der Waals surface area contributed by atoms with E-state index in [1.807, 2.05) is 57.3 Å². The van der Waals surface area contributed by atoms with Crippen molar-refractivity contribution in [1.29, 1.82) is 0 Å². The van der Waals surface area contributed by atoms with Crippen LogP contribution in [0.1, 0.15) is 36.7 Å². The van der Waals surface area contributed by atoms with Crippen LogP contribution in [0.25, 0.3) is 10.9 Å². The number of para-hydroxylation sites is 1. The molecule has 4 nitrogen and oxygen atoms in total. The predicted molar refractivity (Wildman–Crippen MR) is 113 cm³/mol. The zero-order valence-corrected chi connectivity index (χ0v) is 16.6. The van der Waals surface area contributed by atoms with Gasteiger partial charge in [-0.15, -0.1) is 11.8 Å². The Morgan fingerprint density at radius 2 is 1.85 bits per heavy atom. The standard InChI is InChI=1S/C22H23N3OS/c1-15(2)16(3)24-25-22(26)19-11-9-17(10-12-19)14-27-20-8-4-6-18-7-5-13-23-21(18)20/h4-13,15H,14H2,1-3H3,(H,25,26)/b24-16+. The summed E-state index contributed by atoms with van der Waals surface area (Å²) in [5.74, 6) is 0.947. The molecule has 0 spiro atoms. The average molecular weight is 378 g/mol. The zero-order valence-electron chi connectivity index (χ0n) is 15.8. The van der Waals surface area contributed by atoms with Crippen LogP contribution in [-0.2, 0) is 5.75 Å². The van der Waals surface area contributed by atoms with Crippen LogP contribution < -0.4 is 5.43 Å². The number of aromatic nitrogens is 1. The summed E-state index contributed by atoms with van der Waals surface area (Å²) in [6.45, 7) is 6.00. The van der Waals surface area contributed by atoms with E-state index in [4.69, 9.17) is 0 Å². The molecule has 1 heterocycles. The van der Waals surface area contributed by atoms with Gasteiger partial charge in [-0.05, 0) is 42.7 Å². The number of nitrogens with one attached hydrogen (secondary N) is 1. The Morgan fingerprint density at radius 3 is 2.59 bits per heavy atom. The van der Waals surface area contributed by atoms with Gasteiger partial charge in [0.05, 0.1) is 5.52 Å². The number of thioether (sulfide) groups is 1. The minimum atomic E-state index is -0.188. The molecule has 0 aliphatic heterocycles. The molecule has 138 valence electrons. The Morgan fingerprint density at radius 1 is 1.11 bits per heavy atom. The first kappa shape index (κ1) is 19.1. The van der Waals surface area contributed by atoms with Gasteiger partial charge in [-0.25, -0.2) is 5.43 Å². The lowest BCUT2D eigenvalue weighted by Gasteiger charge is -2.07. The minimum Gasteiger partial charge on any atom is -0.267 e. The molecule has 3 rings (SSSR count). The molecule has 1 amide bonds. The van der Waals surface area contributed by atoms with Crippen LogP contribution in [0.5, 0.6) is 0 Å². The van der Waals surface area contributed by atoms with E-state index >= 15 is 0 Å². The molecule has 0 bridgehead atoms. The molecule has 0 fully saturated rings. The van der Waals surface area contributed by atoms with Crippen molar-refractivity contribution in [2.45, 2.75) is 31.4 Å². The van der Waals surface area contributed by atoms with Gasteiger partial charge in [0.2, 0.25) is 0 Å². The van der Waals surface area contributed by atoms with Gasteiger partial charge >= 0.3 is 0 Å². The highest BCUT2D eigenvalue weighted by atomic mass is 32.2. The molecule has 0 saturated carbocycles. The second-order valence-electron chi connectivity index (χ2n) is 6.67. The summed E-state index contributed by atoms with van der Waals surface area (Å²) in [5.41, 5.74) is 6.31. The summed E-state index contributed by atoms with van der Waals surface area (Å²) < 4.78 is 0. The van der Waals surface area contributed by atoms with Crippen molar-refractivity contribution >= 4 is 34.3 Å². The third-order valence-electron chi connectivity index (χ3n) is 4.38. The van der Waals surface area contributed by atoms with Crippen molar-refractivity contribution in [3.63, 3.8) is 0 Å². The van der Waals surface area contributed by atoms with Crippen molar-refractivity contribution in [2.75, 3.05) is 0 Å². The van der Waals surface area contributed by atoms with Crippen molar-refractivity contribution in [1.82, 2.24) is 10.4 Å². The predicted octanol–water partition coefficient (Wildman–Crippen LogP) is 5.29. The fourth-order valence-electron chi connectivity index (χ4n) is 2.44. The first-order valence-electron chi connectivity index (χ1n) is 8.94. The Kier molecular flexibility index (Phi) is 6.24. The maximum absolute atomic E-state index is 12.2. The summed E-state index contributed by atoms with van der Waals surface area (Å²) in [7, 11) is 0. The summed E-state index contributed by atoms with van der Waals surface area (Å²) in [4.78, 5) is 17.8. The van der Waals surface area contributed by atoms with E-state index < -0.39 is 0 Å². The molecular formula is C22H23N3OS. The molecule has 0 radical (unpaired) electrons. The lowest BCUT2D eigenvalue weighted by atomic mass is 10.1. The SMILES string of the molecule is C/C(=N\NC(=O)c1ccc(CSc2cccc3cccnc23)cc1)C(C)C. The van der Waals surface area contributed by atoms with Crippen LogP contribution in [0.2, 0.25) is 0 Å². The van der Waals surface area contributed by atoms with Gasteiger partial charge in [-0.1, -0.05) is 44.2 Å². The number of benzene rings is 2. The number of hydrogen-bond acceptors (Lipinski definition) is 4. The molecule has 0 atom stereocenters. The van der Waals surface area contributed by atoms with E-state index in [1.165, 1.54) is 0 Å². The van der Waals surface area contributed by atoms with Gasteiger partial charge in [0.15, 0.2) is 0 Å². The monoisotopic (exact) mass is 377 g/mol. The van der Waals surface area contributed by atoms with Crippen molar-refractivity contribution in [3.8, 4) is 0 Å². The van der Waals surface area contributed by atoms with Gasteiger partial charge in [0.1, 0.15) is 0 Å². The second kappa shape index (κ2) is 8.82. The van der Waals surface area contributed by atoms with Crippen molar-refractivity contribution in [2.24, 2.45) is 11.0 Å². The molecule has 0 aliphatic carbocycles. The molecule has 0 aliphatic rings. The van der Waals surface area contributed by atoms with Crippen molar-refractivity contribution < 1.29 is 4.79 Å². The first-order chi connectivity index (χ1) is 13.0. The topological polar surface area (TPSA) is 54.4 Å². The first-order valence-corrected chi connectivity index (χ1v) is 9.93. The van der Waals surface area contributed by atoms with E-state index in [0.29, 0.717) is 11.5 Å². The smallest absolute Gasteiger partial charge is 0.267 e. The second-order valence-corrected chi connectivity index (χ2v) is 7.68. The van der Waals surface area contributed by atoms with Crippen LogP contribution in [0, 0.1) is 5.92 Å². The Hall–Kier alpha value is -2.66. The van der Waals surface area contributed by atoms with Crippen LogP contribution in [0.3, 0.4) is 0 Å². The Balaban J connectivity index is 1.64. The fraction of sp³-hybridized carbons (Fsp3) is 0.227. The highest BCUT2D eigenvalue weighted by molar-refractivity contribution is 7.98. The van der Waals surface area contributed by atoms with Gasteiger partial charge in [-0.2, -0.15) is 5.10 Å². The number of carbonyl (C=O) groups is 1. The Bertz CT molecular complexity index is 959. The van der Waals surface area contributed by atoms with E-state index in [9.17, 15) is 4.79 Å². The van der Waals surface area contributed by atoms with E-state index in [0.717, 1.165) is 32.8 Å². The number of fused-ring (bicyclic) bond motifs is 1. The van der Waals surface area contributed by atoms with Gasteiger partial charge in [0, 0.05) is 33.5 Å². The van der Waals surface area contributed by atoms with Crippen LogP contribution in [0.4, 0.5) is 0 Å². The number of carbonyl (C=O) groups excluding carboxylic acids is 1. The maximum Gasteiger partial charge on any atom is 0.271 e. The summed E-state index contributed by atoms with van der Waals surface area (Å²) in [6, 6.07) is 17.9. The molecular weight excluding hydrogens is 354 g/mol. The lowest BCUT2D eigenvalue weighted by Crippen LogP contribution is -2.20. The molecule has 1 N–H and O–H groups in total. The third kappa shape index (κ3) is 4.95.